The fourth-order valence-corrected chi connectivity index (χ4v) is 3.38. The van der Waals surface area contributed by atoms with Crippen molar-refractivity contribution >= 4 is 21.8 Å². The van der Waals surface area contributed by atoms with E-state index in [-0.39, 0.29) is 15.2 Å². The molecule has 1 fully saturated rings. The van der Waals surface area contributed by atoms with Crippen LogP contribution in [-0.2, 0) is 10.0 Å². The fourth-order valence-electron chi connectivity index (χ4n) is 1.47. The molecular weight excluding hydrogens is 260 g/mol. The van der Waals surface area contributed by atoms with Crippen molar-refractivity contribution in [3.05, 3.63) is 28.7 Å². The molecule has 0 amide bonds. The Morgan fingerprint density at radius 2 is 2.18 bits per heavy atom. The van der Waals surface area contributed by atoms with Crippen LogP contribution in [0.4, 0.5) is 0 Å². The second kappa shape index (κ2) is 4.47. The highest BCUT2D eigenvalue weighted by molar-refractivity contribution is 8.00. The zero-order valence-corrected chi connectivity index (χ0v) is 11.0. The van der Waals surface area contributed by atoms with Crippen molar-refractivity contribution in [1.82, 2.24) is 9.71 Å². The second-order valence-electron chi connectivity index (χ2n) is 4.10. The van der Waals surface area contributed by atoms with E-state index in [0.29, 0.717) is 6.54 Å². The van der Waals surface area contributed by atoms with Gasteiger partial charge >= 0.3 is 0 Å². The number of sulfonamides is 1. The van der Waals surface area contributed by atoms with Crippen LogP contribution in [0.2, 0.25) is 0 Å². The number of aromatic amines is 1. The van der Waals surface area contributed by atoms with Gasteiger partial charge in [-0.3, -0.25) is 4.79 Å². The van der Waals surface area contributed by atoms with Gasteiger partial charge in [0.2, 0.25) is 15.6 Å². The van der Waals surface area contributed by atoms with Crippen LogP contribution in [0.5, 0.6) is 0 Å². The molecule has 1 saturated carbocycles. The average molecular weight is 274 g/mol. The van der Waals surface area contributed by atoms with E-state index >= 15 is 0 Å². The number of pyridine rings is 1. The largest absolute Gasteiger partial charge is 0.328 e. The highest BCUT2D eigenvalue weighted by Gasteiger charge is 2.42. The summed E-state index contributed by atoms with van der Waals surface area (Å²) in [7, 11) is -3.51. The van der Waals surface area contributed by atoms with Gasteiger partial charge in [-0.2, -0.15) is 11.8 Å². The van der Waals surface area contributed by atoms with Gasteiger partial charge in [-0.25, -0.2) is 13.1 Å². The maximum absolute atomic E-state index is 11.9. The first kappa shape index (κ1) is 12.7. The van der Waals surface area contributed by atoms with E-state index in [0.717, 1.165) is 12.8 Å². The molecule has 1 aliphatic rings. The number of thioether (sulfide) groups is 1. The minimum Gasteiger partial charge on any atom is -0.328 e. The van der Waals surface area contributed by atoms with Gasteiger partial charge < -0.3 is 4.98 Å². The third-order valence-electron chi connectivity index (χ3n) is 2.89. The maximum atomic E-state index is 11.9. The van der Waals surface area contributed by atoms with E-state index in [4.69, 9.17) is 0 Å². The Morgan fingerprint density at radius 3 is 2.65 bits per heavy atom. The first-order valence-corrected chi connectivity index (χ1v) is 7.92. The Bertz CT molecular complexity index is 541. The number of nitrogens with one attached hydrogen (secondary N) is 2. The van der Waals surface area contributed by atoms with E-state index in [1.807, 2.05) is 6.26 Å². The molecule has 0 spiro atoms. The maximum Gasteiger partial charge on any atom is 0.247 e. The van der Waals surface area contributed by atoms with Crippen LogP contribution in [0.15, 0.2) is 28.0 Å². The van der Waals surface area contributed by atoms with E-state index in [2.05, 4.69) is 9.71 Å². The smallest absolute Gasteiger partial charge is 0.247 e. The number of hydrogen-bond acceptors (Lipinski definition) is 4. The summed E-state index contributed by atoms with van der Waals surface area (Å²) in [5.41, 5.74) is -0.313. The number of aromatic nitrogens is 1. The van der Waals surface area contributed by atoms with Gasteiger partial charge in [0, 0.05) is 23.6 Å². The van der Waals surface area contributed by atoms with Gasteiger partial charge in [-0.05, 0) is 25.2 Å². The third-order valence-corrected chi connectivity index (χ3v) is 5.71. The Kier molecular flexibility index (Phi) is 3.33. The normalized spacial score (nSPS) is 17.9. The molecule has 17 heavy (non-hydrogen) atoms. The topological polar surface area (TPSA) is 79.0 Å². The summed E-state index contributed by atoms with van der Waals surface area (Å²) in [6, 6.07) is 2.51. The van der Waals surface area contributed by atoms with Crippen LogP contribution in [0.3, 0.4) is 0 Å². The number of H-pyrrole nitrogens is 1. The summed E-state index contributed by atoms with van der Waals surface area (Å²) in [5.74, 6) is 0. The first-order valence-electron chi connectivity index (χ1n) is 5.21. The number of rotatable bonds is 5. The van der Waals surface area contributed by atoms with E-state index in [9.17, 15) is 13.2 Å². The SMILES string of the molecule is CSC1(CNS(=O)(=O)c2ccc(=O)[nH]c2)CC1. The Labute approximate surface area is 104 Å². The molecule has 5 nitrogen and oxygen atoms in total. The molecule has 1 aromatic heterocycles. The fraction of sp³-hybridized carbons (Fsp3) is 0.500. The Morgan fingerprint density at radius 1 is 1.47 bits per heavy atom. The monoisotopic (exact) mass is 274 g/mol. The van der Waals surface area contributed by atoms with Gasteiger partial charge in [-0.1, -0.05) is 0 Å². The Hall–Kier alpha value is -0.790. The first-order chi connectivity index (χ1) is 7.97. The summed E-state index contributed by atoms with van der Waals surface area (Å²) in [6.07, 6.45) is 5.29. The van der Waals surface area contributed by atoms with Crippen LogP contribution in [0.25, 0.3) is 0 Å². The van der Waals surface area contributed by atoms with Crippen LogP contribution >= 0.6 is 11.8 Å². The molecule has 1 aromatic rings. The van der Waals surface area contributed by atoms with Gasteiger partial charge in [0.15, 0.2) is 0 Å². The highest BCUT2D eigenvalue weighted by Crippen LogP contribution is 2.46. The predicted octanol–water partition coefficient (Wildman–Crippen LogP) is 0.549. The molecular formula is C10H14N2O3S2. The lowest BCUT2D eigenvalue weighted by Crippen LogP contribution is -2.32. The van der Waals surface area contributed by atoms with Crippen molar-refractivity contribution in [3.8, 4) is 0 Å². The predicted molar refractivity (Wildman–Crippen MR) is 67.7 cm³/mol. The van der Waals surface area contributed by atoms with Crippen LogP contribution < -0.4 is 10.3 Å². The van der Waals surface area contributed by atoms with Crippen LogP contribution in [-0.4, -0.2) is 30.9 Å². The lowest BCUT2D eigenvalue weighted by molar-refractivity contribution is 0.579. The van der Waals surface area contributed by atoms with Crippen molar-refractivity contribution < 1.29 is 8.42 Å². The minimum atomic E-state index is -3.51. The molecule has 0 radical (unpaired) electrons. The zero-order chi connectivity index (χ0) is 12.5. The van der Waals surface area contributed by atoms with Crippen molar-refractivity contribution in [2.24, 2.45) is 0 Å². The van der Waals surface area contributed by atoms with Crippen molar-refractivity contribution in [1.29, 1.82) is 0 Å². The molecule has 0 saturated heterocycles. The van der Waals surface area contributed by atoms with Crippen molar-refractivity contribution in [3.63, 3.8) is 0 Å². The quantitative estimate of drug-likeness (QED) is 0.822. The molecule has 1 aliphatic carbocycles. The average Bonchev–Trinajstić information content (AvgIpc) is 3.08. The van der Waals surface area contributed by atoms with Gasteiger partial charge in [0.1, 0.15) is 0 Å². The highest BCUT2D eigenvalue weighted by atomic mass is 32.2. The standard InChI is InChI=1S/C10H14N2O3S2/c1-16-10(4-5-10)7-12-17(14,15)8-2-3-9(13)11-6-8/h2-3,6,12H,4-5,7H2,1H3,(H,11,13). The lowest BCUT2D eigenvalue weighted by Gasteiger charge is -2.13. The molecule has 0 unspecified atom stereocenters. The molecule has 94 valence electrons. The second-order valence-corrected chi connectivity index (χ2v) is 7.14. The summed E-state index contributed by atoms with van der Waals surface area (Å²) >= 11 is 1.69. The third kappa shape index (κ3) is 2.91. The zero-order valence-electron chi connectivity index (χ0n) is 9.39. The molecule has 2 rings (SSSR count). The van der Waals surface area contributed by atoms with E-state index < -0.39 is 10.0 Å². The number of hydrogen-bond donors (Lipinski definition) is 2. The van der Waals surface area contributed by atoms with Gasteiger partial charge in [-0.15, -0.1) is 0 Å². The molecule has 0 aromatic carbocycles. The summed E-state index contributed by atoms with van der Waals surface area (Å²) in [5, 5.41) is 0. The van der Waals surface area contributed by atoms with E-state index in [1.165, 1.54) is 18.3 Å². The molecule has 0 bridgehead atoms. The lowest BCUT2D eigenvalue weighted by atomic mass is 10.4. The van der Waals surface area contributed by atoms with E-state index in [1.54, 1.807) is 11.8 Å². The molecule has 2 N–H and O–H groups in total. The summed E-state index contributed by atoms with van der Waals surface area (Å²) in [4.78, 5) is 13.3. The summed E-state index contributed by atoms with van der Waals surface area (Å²) in [6.45, 7) is 0.440. The molecule has 7 heteroatoms. The Balaban J connectivity index is 2.09. The van der Waals surface area contributed by atoms with Gasteiger partial charge in [0.05, 0.1) is 4.90 Å². The van der Waals surface area contributed by atoms with Gasteiger partial charge in [0.25, 0.3) is 0 Å². The van der Waals surface area contributed by atoms with Crippen LogP contribution in [0.1, 0.15) is 12.8 Å². The minimum absolute atomic E-state index is 0.0786. The molecule has 1 heterocycles. The molecule has 0 aliphatic heterocycles. The summed E-state index contributed by atoms with van der Waals surface area (Å²) < 4.78 is 26.4. The van der Waals surface area contributed by atoms with Crippen LogP contribution in [0, 0.1) is 0 Å². The van der Waals surface area contributed by atoms with Crippen molar-refractivity contribution in [2.45, 2.75) is 22.5 Å². The molecule has 0 atom stereocenters. The van der Waals surface area contributed by atoms with Crippen molar-refractivity contribution in [2.75, 3.05) is 12.8 Å².